The zero-order chi connectivity index (χ0) is 8.27. The van der Waals surface area contributed by atoms with Crippen LogP contribution in [-0.4, -0.2) is 0 Å². The van der Waals surface area contributed by atoms with Gasteiger partial charge in [0.2, 0.25) is 0 Å². The highest BCUT2D eigenvalue weighted by Gasteiger charge is 2.03. The van der Waals surface area contributed by atoms with Crippen molar-refractivity contribution in [3.63, 3.8) is 0 Å². The van der Waals surface area contributed by atoms with Gasteiger partial charge >= 0.3 is 0 Å². The minimum absolute atomic E-state index is 1.20. The predicted molar refractivity (Wildman–Crippen MR) is 58.9 cm³/mol. The van der Waals surface area contributed by atoms with E-state index in [2.05, 4.69) is 54.7 Å². The molecule has 0 unspecified atom stereocenters. The quantitative estimate of drug-likeness (QED) is 0.625. The second-order valence-corrected chi connectivity index (χ2v) is 4.05. The second-order valence-electron chi connectivity index (χ2n) is 2.97. The van der Waals surface area contributed by atoms with Gasteiger partial charge in [-0.05, 0) is 54.9 Å². The van der Waals surface area contributed by atoms with Gasteiger partial charge in [-0.1, -0.05) is 23.8 Å². The fraction of sp³-hybridized carbons (Fsp3) is 0.400. The molecule has 0 heterocycles. The van der Waals surface area contributed by atoms with E-state index in [-0.39, 0.29) is 0 Å². The van der Waals surface area contributed by atoms with Gasteiger partial charge in [-0.15, -0.1) is 0 Å². The maximum atomic E-state index is 2.43. The molecule has 0 bridgehead atoms. The van der Waals surface area contributed by atoms with Gasteiger partial charge in [-0.3, -0.25) is 0 Å². The molecule has 0 atom stereocenters. The molecule has 60 valence electrons. The van der Waals surface area contributed by atoms with E-state index in [0.29, 0.717) is 0 Å². The van der Waals surface area contributed by atoms with Crippen LogP contribution in [0.15, 0.2) is 33.0 Å². The van der Waals surface area contributed by atoms with E-state index < -0.39 is 0 Å². The summed E-state index contributed by atoms with van der Waals surface area (Å²) in [5, 5.41) is 0. The Hall–Kier alpha value is -0.0500. The number of halogens is 1. The van der Waals surface area contributed by atoms with Crippen LogP contribution in [0.3, 0.4) is 0 Å². The average molecular weight is 260 g/mol. The van der Waals surface area contributed by atoms with Crippen molar-refractivity contribution < 1.29 is 0 Å². The van der Waals surface area contributed by atoms with Gasteiger partial charge in [0.15, 0.2) is 0 Å². The zero-order valence-corrected chi connectivity index (χ0v) is 9.18. The highest BCUT2D eigenvalue weighted by molar-refractivity contribution is 14.1. The summed E-state index contributed by atoms with van der Waals surface area (Å²) in [5.74, 6) is 0. The van der Waals surface area contributed by atoms with Crippen molar-refractivity contribution >= 4 is 22.6 Å². The maximum absolute atomic E-state index is 2.43. The lowest BCUT2D eigenvalue weighted by Gasteiger charge is -2.09. The Bertz CT molecular complexity index is 227. The monoisotopic (exact) mass is 260 g/mol. The molecule has 1 aliphatic rings. The summed E-state index contributed by atoms with van der Waals surface area (Å²) in [6.07, 6.45) is 9.00. The number of rotatable bonds is 1. The van der Waals surface area contributed by atoms with Crippen molar-refractivity contribution in [2.75, 3.05) is 0 Å². The molecule has 0 radical (unpaired) electrons. The van der Waals surface area contributed by atoms with Gasteiger partial charge in [0, 0.05) is 3.58 Å². The van der Waals surface area contributed by atoms with E-state index in [1.54, 1.807) is 0 Å². The summed E-state index contributed by atoms with van der Waals surface area (Å²) < 4.78 is 1.44. The molecule has 0 N–H and O–H groups in total. The molecule has 0 aromatic rings. The molecule has 1 rings (SSSR count). The van der Waals surface area contributed by atoms with Crippen molar-refractivity contribution in [1.82, 2.24) is 0 Å². The summed E-state index contributed by atoms with van der Waals surface area (Å²) >= 11 is 2.43. The van der Waals surface area contributed by atoms with Crippen LogP contribution in [0.5, 0.6) is 0 Å². The first-order chi connectivity index (χ1) is 5.22. The lowest BCUT2D eigenvalue weighted by atomic mass is 10.0. The first-order valence-electron chi connectivity index (χ1n) is 3.91. The first-order valence-corrected chi connectivity index (χ1v) is 4.98. The molecule has 0 saturated heterocycles. The molecule has 0 spiro atoms. The molecule has 0 fully saturated rings. The first kappa shape index (κ1) is 9.04. The van der Waals surface area contributed by atoms with Crippen LogP contribution in [0.4, 0.5) is 0 Å². The highest BCUT2D eigenvalue weighted by Crippen LogP contribution is 2.27. The molecular formula is C10H13I. The van der Waals surface area contributed by atoms with Gasteiger partial charge in [0.25, 0.3) is 0 Å². The normalized spacial score (nSPS) is 16.1. The van der Waals surface area contributed by atoms with Gasteiger partial charge in [0.1, 0.15) is 0 Å². The molecule has 0 saturated carbocycles. The third-order valence-corrected chi connectivity index (χ3v) is 3.51. The number of hydrogen-bond donors (Lipinski definition) is 0. The summed E-state index contributed by atoms with van der Waals surface area (Å²) in [4.78, 5) is 0. The summed E-state index contributed by atoms with van der Waals surface area (Å²) in [6.45, 7) is 4.34. The smallest absolute Gasteiger partial charge is 0.0148 e. The molecule has 1 aliphatic carbocycles. The number of allylic oxidation sites excluding steroid dienone is 6. The van der Waals surface area contributed by atoms with Crippen molar-refractivity contribution in [3.8, 4) is 0 Å². The fourth-order valence-electron chi connectivity index (χ4n) is 1.11. The number of hydrogen-bond acceptors (Lipinski definition) is 0. The van der Waals surface area contributed by atoms with Crippen LogP contribution in [0, 0.1) is 0 Å². The van der Waals surface area contributed by atoms with Crippen molar-refractivity contribution in [2.45, 2.75) is 26.7 Å². The third-order valence-electron chi connectivity index (χ3n) is 1.73. The van der Waals surface area contributed by atoms with E-state index in [4.69, 9.17) is 0 Å². The van der Waals surface area contributed by atoms with Gasteiger partial charge < -0.3 is 0 Å². The molecule has 1 heteroatoms. The molecule has 0 aromatic heterocycles. The van der Waals surface area contributed by atoms with Crippen LogP contribution < -0.4 is 0 Å². The topological polar surface area (TPSA) is 0 Å². The Kier molecular flexibility index (Phi) is 3.37. The summed E-state index contributed by atoms with van der Waals surface area (Å²) in [7, 11) is 0. The van der Waals surface area contributed by atoms with E-state index in [1.807, 2.05) is 0 Å². The average Bonchev–Trinajstić information content (AvgIpc) is 2.05. The van der Waals surface area contributed by atoms with Crippen molar-refractivity contribution in [1.29, 1.82) is 0 Å². The van der Waals surface area contributed by atoms with E-state index in [9.17, 15) is 0 Å². The van der Waals surface area contributed by atoms with Gasteiger partial charge in [-0.25, -0.2) is 0 Å². The van der Waals surface area contributed by atoms with Crippen LogP contribution in [-0.2, 0) is 0 Å². The second kappa shape index (κ2) is 4.10. The Morgan fingerprint density at radius 3 is 2.64 bits per heavy atom. The van der Waals surface area contributed by atoms with Gasteiger partial charge in [-0.2, -0.15) is 0 Å². The molecule has 0 amide bonds. The van der Waals surface area contributed by atoms with Crippen LogP contribution in [0.25, 0.3) is 0 Å². The van der Waals surface area contributed by atoms with E-state index in [0.717, 1.165) is 0 Å². The molecule has 11 heavy (non-hydrogen) atoms. The van der Waals surface area contributed by atoms with Gasteiger partial charge in [0.05, 0.1) is 0 Å². The molecule has 0 nitrogen and oxygen atoms in total. The SMILES string of the molecule is CC(C)=C(I)C1=CC=CCC1. The van der Waals surface area contributed by atoms with Crippen LogP contribution in [0.1, 0.15) is 26.7 Å². The largest absolute Gasteiger partial charge is 0.0842 e. The third kappa shape index (κ3) is 2.47. The predicted octanol–water partition coefficient (Wildman–Crippen LogP) is 3.99. The van der Waals surface area contributed by atoms with E-state index in [1.165, 1.54) is 27.6 Å². The van der Waals surface area contributed by atoms with Crippen LogP contribution >= 0.6 is 22.6 Å². The summed E-state index contributed by atoms with van der Waals surface area (Å²) in [5.41, 5.74) is 2.92. The van der Waals surface area contributed by atoms with E-state index >= 15 is 0 Å². The zero-order valence-electron chi connectivity index (χ0n) is 7.02. The molecule has 0 aliphatic heterocycles. The Morgan fingerprint density at radius 2 is 2.18 bits per heavy atom. The lowest BCUT2D eigenvalue weighted by molar-refractivity contribution is 0.984. The Morgan fingerprint density at radius 1 is 1.45 bits per heavy atom. The maximum Gasteiger partial charge on any atom is 0.0148 e. The highest BCUT2D eigenvalue weighted by atomic mass is 127. The standard InChI is InChI=1S/C10H13I/c1-8(2)10(11)9-6-4-3-5-7-9/h3-4,6H,5,7H2,1-2H3. The minimum Gasteiger partial charge on any atom is -0.0842 e. The molecular weight excluding hydrogens is 247 g/mol. The lowest BCUT2D eigenvalue weighted by Crippen LogP contribution is -1.88. The summed E-state index contributed by atoms with van der Waals surface area (Å²) in [6, 6.07) is 0. The van der Waals surface area contributed by atoms with Crippen molar-refractivity contribution in [3.05, 3.63) is 33.0 Å². The Balaban J connectivity index is 2.83. The van der Waals surface area contributed by atoms with Crippen LogP contribution in [0.2, 0.25) is 0 Å². The fourth-order valence-corrected chi connectivity index (χ4v) is 1.56. The van der Waals surface area contributed by atoms with Crippen molar-refractivity contribution in [2.24, 2.45) is 0 Å². The Labute approximate surface area is 82.2 Å². The minimum atomic E-state index is 1.20. The molecule has 0 aromatic carbocycles.